The summed E-state index contributed by atoms with van der Waals surface area (Å²) in [6.45, 7) is 2.18. The Morgan fingerprint density at radius 2 is 2.10 bits per heavy atom. The minimum Gasteiger partial charge on any atom is -0.481 e. The van der Waals surface area contributed by atoms with Crippen molar-refractivity contribution in [2.24, 2.45) is 11.8 Å². The Kier molecular flexibility index (Phi) is 4.97. The smallest absolute Gasteiger partial charge is 0.307 e. The molecule has 5 nitrogen and oxygen atoms in total. The number of nitrogens with zero attached hydrogens (tertiary/aromatic N) is 1. The number of sulfonamides is 1. The highest BCUT2D eigenvalue weighted by molar-refractivity contribution is 9.10. The zero-order chi connectivity index (χ0) is 15.8. The molecule has 2 unspecified atom stereocenters. The first-order chi connectivity index (χ1) is 9.71. The van der Waals surface area contributed by atoms with E-state index in [0.29, 0.717) is 22.5 Å². The summed E-state index contributed by atoms with van der Waals surface area (Å²) < 4.78 is 27.0. The minimum atomic E-state index is -3.72. The van der Waals surface area contributed by atoms with Gasteiger partial charge in [0.15, 0.2) is 0 Å². The van der Waals surface area contributed by atoms with Gasteiger partial charge in [-0.25, -0.2) is 8.42 Å². The zero-order valence-electron chi connectivity index (χ0n) is 11.3. The van der Waals surface area contributed by atoms with Crippen molar-refractivity contribution in [2.75, 3.05) is 13.1 Å². The molecule has 0 aliphatic carbocycles. The number of benzene rings is 1. The standard InChI is InChI=1S/C13H15BrClNO4S/c1-8-4-9(13(17)18)7-16(6-8)21(19,20)10-2-3-12(15)11(14)5-10/h2-3,5,8-9H,4,6-7H2,1H3,(H,17,18). The van der Waals surface area contributed by atoms with E-state index in [9.17, 15) is 13.2 Å². The molecular weight excluding hydrogens is 382 g/mol. The second-order valence-electron chi connectivity index (χ2n) is 5.27. The van der Waals surface area contributed by atoms with Gasteiger partial charge in [-0.2, -0.15) is 4.31 Å². The molecule has 0 saturated carbocycles. The molecule has 1 saturated heterocycles. The fraction of sp³-hybridized carbons (Fsp3) is 0.462. The van der Waals surface area contributed by atoms with Crippen molar-refractivity contribution < 1.29 is 18.3 Å². The third-order valence-electron chi connectivity index (χ3n) is 3.50. The molecule has 1 N–H and O–H groups in total. The highest BCUT2D eigenvalue weighted by atomic mass is 79.9. The van der Waals surface area contributed by atoms with Gasteiger partial charge in [-0.15, -0.1) is 0 Å². The predicted molar refractivity (Wildman–Crippen MR) is 82.8 cm³/mol. The maximum absolute atomic E-state index is 12.6. The Bertz CT molecular complexity index is 664. The van der Waals surface area contributed by atoms with Crippen molar-refractivity contribution in [3.05, 3.63) is 27.7 Å². The monoisotopic (exact) mass is 395 g/mol. The first kappa shape index (κ1) is 16.7. The van der Waals surface area contributed by atoms with Crippen LogP contribution in [0, 0.1) is 11.8 Å². The first-order valence-corrected chi connectivity index (χ1v) is 9.01. The Morgan fingerprint density at radius 3 is 2.67 bits per heavy atom. The minimum absolute atomic E-state index is 0.00223. The summed E-state index contributed by atoms with van der Waals surface area (Å²) in [4.78, 5) is 11.3. The van der Waals surface area contributed by atoms with Gasteiger partial charge in [0.2, 0.25) is 10.0 Å². The molecule has 0 spiro atoms. The molecule has 0 aromatic heterocycles. The van der Waals surface area contributed by atoms with Gasteiger partial charge in [-0.05, 0) is 46.5 Å². The van der Waals surface area contributed by atoms with Crippen LogP contribution >= 0.6 is 27.5 Å². The van der Waals surface area contributed by atoms with Gasteiger partial charge < -0.3 is 5.11 Å². The Hall–Kier alpha value is -0.630. The number of rotatable bonds is 3. The average Bonchev–Trinajstić information content (AvgIpc) is 2.41. The van der Waals surface area contributed by atoms with Crippen LogP contribution in [0.4, 0.5) is 0 Å². The summed E-state index contributed by atoms with van der Waals surface area (Å²) >= 11 is 9.07. The summed E-state index contributed by atoms with van der Waals surface area (Å²) in [5.41, 5.74) is 0. The van der Waals surface area contributed by atoms with Crippen LogP contribution in [0.1, 0.15) is 13.3 Å². The molecule has 1 heterocycles. The molecule has 21 heavy (non-hydrogen) atoms. The lowest BCUT2D eigenvalue weighted by Crippen LogP contribution is -2.45. The third-order valence-corrected chi connectivity index (χ3v) is 6.55. The molecule has 0 bridgehead atoms. The largest absolute Gasteiger partial charge is 0.481 e. The van der Waals surface area contributed by atoms with Crippen LogP contribution in [-0.4, -0.2) is 36.9 Å². The molecule has 1 aromatic rings. The summed E-state index contributed by atoms with van der Waals surface area (Å²) in [5.74, 6) is -1.62. The van der Waals surface area contributed by atoms with Gasteiger partial charge in [0.05, 0.1) is 15.8 Å². The molecule has 0 radical (unpaired) electrons. The van der Waals surface area contributed by atoms with Gasteiger partial charge >= 0.3 is 5.97 Å². The quantitative estimate of drug-likeness (QED) is 0.852. The molecule has 1 fully saturated rings. The molecule has 2 atom stereocenters. The summed E-state index contributed by atoms with van der Waals surface area (Å²) in [5, 5.41) is 9.56. The maximum atomic E-state index is 12.6. The second-order valence-corrected chi connectivity index (χ2v) is 8.47. The van der Waals surface area contributed by atoms with Crippen LogP contribution in [0.15, 0.2) is 27.6 Å². The van der Waals surface area contributed by atoms with Gasteiger partial charge in [0, 0.05) is 17.6 Å². The van der Waals surface area contributed by atoms with Gasteiger partial charge in [-0.1, -0.05) is 18.5 Å². The Labute approximate surface area is 137 Å². The van der Waals surface area contributed by atoms with E-state index >= 15 is 0 Å². The highest BCUT2D eigenvalue weighted by Crippen LogP contribution is 2.30. The fourth-order valence-corrected chi connectivity index (χ4v) is 4.74. The van der Waals surface area contributed by atoms with E-state index in [1.54, 1.807) is 0 Å². The van der Waals surface area contributed by atoms with Crippen molar-refractivity contribution >= 4 is 43.5 Å². The van der Waals surface area contributed by atoms with Crippen LogP contribution in [0.3, 0.4) is 0 Å². The van der Waals surface area contributed by atoms with E-state index in [4.69, 9.17) is 16.7 Å². The lowest BCUT2D eigenvalue weighted by molar-refractivity contribution is -0.143. The Morgan fingerprint density at radius 1 is 1.43 bits per heavy atom. The average molecular weight is 397 g/mol. The van der Waals surface area contributed by atoms with Gasteiger partial charge in [0.1, 0.15) is 0 Å². The van der Waals surface area contributed by atoms with E-state index in [-0.39, 0.29) is 17.4 Å². The van der Waals surface area contributed by atoms with Crippen molar-refractivity contribution in [3.8, 4) is 0 Å². The van der Waals surface area contributed by atoms with Gasteiger partial charge in [0.25, 0.3) is 0 Å². The molecule has 116 valence electrons. The van der Waals surface area contributed by atoms with E-state index in [1.807, 2.05) is 6.92 Å². The van der Waals surface area contributed by atoms with E-state index in [0.717, 1.165) is 0 Å². The third kappa shape index (κ3) is 3.59. The van der Waals surface area contributed by atoms with Crippen molar-refractivity contribution in [2.45, 2.75) is 18.2 Å². The number of carbonyl (C=O) groups is 1. The summed E-state index contributed by atoms with van der Waals surface area (Å²) in [6, 6.07) is 4.37. The zero-order valence-corrected chi connectivity index (χ0v) is 14.4. The lowest BCUT2D eigenvalue weighted by Gasteiger charge is -2.33. The van der Waals surface area contributed by atoms with Crippen molar-refractivity contribution in [1.82, 2.24) is 4.31 Å². The van der Waals surface area contributed by atoms with E-state index in [1.165, 1.54) is 22.5 Å². The van der Waals surface area contributed by atoms with Gasteiger partial charge in [-0.3, -0.25) is 4.79 Å². The molecule has 1 aromatic carbocycles. The number of piperidine rings is 1. The molecule has 1 aliphatic rings. The van der Waals surface area contributed by atoms with Crippen LogP contribution in [0.5, 0.6) is 0 Å². The summed E-state index contributed by atoms with van der Waals surface area (Å²) in [7, 11) is -3.72. The van der Waals surface area contributed by atoms with Crippen LogP contribution < -0.4 is 0 Å². The topological polar surface area (TPSA) is 74.7 Å². The number of carboxylic acids is 1. The lowest BCUT2D eigenvalue weighted by atomic mass is 9.92. The van der Waals surface area contributed by atoms with Crippen molar-refractivity contribution in [1.29, 1.82) is 0 Å². The number of halogens is 2. The van der Waals surface area contributed by atoms with Crippen LogP contribution in [-0.2, 0) is 14.8 Å². The number of carboxylic acid groups (broad SMARTS) is 1. The SMILES string of the molecule is CC1CC(C(=O)O)CN(S(=O)(=O)c2ccc(Cl)c(Br)c2)C1. The van der Waals surface area contributed by atoms with Crippen LogP contribution in [0.25, 0.3) is 0 Å². The first-order valence-electron chi connectivity index (χ1n) is 6.40. The molecule has 1 aliphatic heterocycles. The molecule has 0 amide bonds. The normalized spacial score (nSPS) is 24.0. The van der Waals surface area contributed by atoms with Crippen LogP contribution in [0.2, 0.25) is 5.02 Å². The number of aliphatic carboxylic acids is 1. The molecule has 2 rings (SSSR count). The van der Waals surface area contributed by atoms with E-state index < -0.39 is 21.9 Å². The van der Waals surface area contributed by atoms with E-state index in [2.05, 4.69) is 15.9 Å². The summed E-state index contributed by atoms with van der Waals surface area (Å²) in [6.07, 6.45) is 0.492. The maximum Gasteiger partial charge on any atom is 0.307 e. The van der Waals surface area contributed by atoms with Crippen molar-refractivity contribution in [3.63, 3.8) is 0 Å². The molecular formula is C13H15BrClNO4S. The predicted octanol–water partition coefficient (Wildman–Crippen LogP) is 2.83. The Balaban J connectivity index is 2.33. The number of hydrogen-bond acceptors (Lipinski definition) is 3. The molecule has 8 heteroatoms. The second kappa shape index (κ2) is 6.24. The number of hydrogen-bond donors (Lipinski definition) is 1. The highest BCUT2D eigenvalue weighted by Gasteiger charge is 2.36. The fourth-order valence-electron chi connectivity index (χ4n) is 2.46.